The lowest BCUT2D eigenvalue weighted by Crippen LogP contribution is -2.54. The van der Waals surface area contributed by atoms with Gasteiger partial charge in [0.05, 0.1) is 12.2 Å². The summed E-state index contributed by atoms with van der Waals surface area (Å²) in [6.45, 7) is 13.9. The standard InChI is InChI=1S/C17H33NO2/c1-11(2)18(12(3)4)10-15(20)17-8-7-13(9-14(17)19)16(17,5)6/h11-15,19-20H,7-10H2,1-6H3/t13-,14?,15+,17+/m1/s1. The van der Waals surface area contributed by atoms with Crippen LogP contribution in [0.2, 0.25) is 0 Å². The molecule has 3 heteroatoms. The van der Waals surface area contributed by atoms with Crippen LogP contribution in [0.15, 0.2) is 0 Å². The molecule has 2 aliphatic rings. The molecular formula is C17H33NO2. The molecule has 3 nitrogen and oxygen atoms in total. The van der Waals surface area contributed by atoms with Crippen LogP contribution in [-0.2, 0) is 0 Å². The van der Waals surface area contributed by atoms with Crippen molar-refractivity contribution >= 4 is 0 Å². The van der Waals surface area contributed by atoms with Gasteiger partial charge in [0.15, 0.2) is 0 Å². The summed E-state index contributed by atoms with van der Waals surface area (Å²) in [5.41, 5.74) is -0.259. The molecule has 2 fully saturated rings. The molecule has 2 bridgehead atoms. The normalized spacial score (nSPS) is 37.4. The quantitative estimate of drug-likeness (QED) is 0.815. The Balaban J connectivity index is 2.21. The molecule has 118 valence electrons. The Morgan fingerprint density at radius 3 is 2.05 bits per heavy atom. The molecule has 0 heterocycles. The van der Waals surface area contributed by atoms with Crippen LogP contribution in [0.5, 0.6) is 0 Å². The van der Waals surface area contributed by atoms with E-state index in [4.69, 9.17) is 0 Å². The number of aliphatic hydroxyl groups excluding tert-OH is 2. The molecule has 0 spiro atoms. The topological polar surface area (TPSA) is 43.7 Å². The lowest BCUT2D eigenvalue weighted by molar-refractivity contribution is -0.112. The molecule has 0 aromatic heterocycles. The molecule has 0 aromatic carbocycles. The summed E-state index contributed by atoms with van der Waals surface area (Å²) in [7, 11) is 0. The predicted octanol–water partition coefficient (Wildman–Crippen LogP) is 2.65. The van der Waals surface area contributed by atoms with Crippen LogP contribution in [0.4, 0.5) is 0 Å². The predicted molar refractivity (Wildman–Crippen MR) is 82.5 cm³/mol. The summed E-state index contributed by atoms with van der Waals surface area (Å²) in [5.74, 6) is 0.568. The van der Waals surface area contributed by atoms with Crippen LogP contribution in [0.3, 0.4) is 0 Å². The fourth-order valence-electron chi connectivity index (χ4n) is 5.16. The highest BCUT2D eigenvalue weighted by molar-refractivity contribution is 5.15. The van der Waals surface area contributed by atoms with Crippen molar-refractivity contribution in [1.29, 1.82) is 0 Å². The van der Waals surface area contributed by atoms with Crippen molar-refractivity contribution in [3.8, 4) is 0 Å². The van der Waals surface area contributed by atoms with Crippen LogP contribution >= 0.6 is 0 Å². The van der Waals surface area contributed by atoms with Gasteiger partial charge in [-0.05, 0) is 58.3 Å². The Morgan fingerprint density at radius 2 is 1.70 bits per heavy atom. The number of aliphatic hydroxyl groups is 2. The second-order valence-electron chi connectivity index (χ2n) is 8.15. The van der Waals surface area contributed by atoms with Gasteiger partial charge in [-0.1, -0.05) is 13.8 Å². The lowest BCUT2D eigenvalue weighted by atomic mass is 9.64. The summed E-state index contributed by atoms with van der Waals surface area (Å²) in [4.78, 5) is 2.34. The largest absolute Gasteiger partial charge is 0.392 e. The van der Waals surface area contributed by atoms with E-state index in [1.54, 1.807) is 0 Å². The average Bonchev–Trinajstić information content (AvgIpc) is 2.69. The zero-order valence-electron chi connectivity index (χ0n) is 14.1. The lowest BCUT2D eigenvalue weighted by Gasteiger charge is -2.46. The molecule has 1 unspecified atom stereocenters. The van der Waals surface area contributed by atoms with E-state index >= 15 is 0 Å². The molecular weight excluding hydrogens is 250 g/mol. The van der Waals surface area contributed by atoms with Crippen molar-refractivity contribution in [2.24, 2.45) is 16.7 Å². The molecule has 2 aliphatic carbocycles. The highest BCUT2D eigenvalue weighted by Crippen LogP contribution is 2.67. The number of hydrogen-bond donors (Lipinski definition) is 2. The van der Waals surface area contributed by atoms with Crippen LogP contribution in [0.25, 0.3) is 0 Å². The summed E-state index contributed by atoms with van der Waals surface area (Å²) in [6.07, 6.45) is 2.21. The summed E-state index contributed by atoms with van der Waals surface area (Å²) < 4.78 is 0. The maximum atomic E-state index is 11.0. The van der Waals surface area contributed by atoms with E-state index in [1.807, 2.05) is 0 Å². The number of fused-ring (bicyclic) bond motifs is 2. The highest BCUT2D eigenvalue weighted by Gasteiger charge is 2.66. The number of rotatable bonds is 5. The monoisotopic (exact) mass is 283 g/mol. The SMILES string of the molecule is CC(C)N(C[C@H](O)[C@]12CC[C@H](CC1O)C2(C)C)C(C)C. The molecule has 4 atom stereocenters. The summed E-state index contributed by atoms with van der Waals surface area (Å²) >= 11 is 0. The van der Waals surface area contributed by atoms with Crippen molar-refractivity contribution in [2.45, 2.75) is 85.1 Å². The third-order valence-electron chi connectivity index (χ3n) is 6.53. The zero-order valence-corrected chi connectivity index (χ0v) is 14.1. The van der Waals surface area contributed by atoms with Crippen molar-refractivity contribution in [3.63, 3.8) is 0 Å². The van der Waals surface area contributed by atoms with E-state index in [2.05, 4.69) is 46.4 Å². The Bertz CT molecular complexity index is 345. The van der Waals surface area contributed by atoms with Crippen molar-refractivity contribution in [3.05, 3.63) is 0 Å². The van der Waals surface area contributed by atoms with E-state index in [0.29, 0.717) is 24.5 Å². The first kappa shape index (κ1) is 16.3. The second kappa shape index (κ2) is 5.26. The smallest absolute Gasteiger partial charge is 0.0753 e. The molecule has 2 rings (SSSR count). The van der Waals surface area contributed by atoms with Gasteiger partial charge in [0.2, 0.25) is 0 Å². The van der Waals surface area contributed by atoms with Gasteiger partial charge in [-0.2, -0.15) is 0 Å². The maximum Gasteiger partial charge on any atom is 0.0753 e. The van der Waals surface area contributed by atoms with Gasteiger partial charge in [-0.3, -0.25) is 4.90 Å². The third kappa shape index (κ3) is 2.13. The van der Waals surface area contributed by atoms with Gasteiger partial charge in [0.1, 0.15) is 0 Å². The first-order valence-electron chi connectivity index (χ1n) is 8.26. The molecule has 0 saturated heterocycles. The molecule has 0 radical (unpaired) electrons. The minimum absolute atomic E-state index is 0.0471. The molecule has 0 aromatic rings. The van der Waals surface area contributed by atoms with E-state index < -0.39 is 6.10 Å². The van der Waals surface area contributed by atoms with Gasteiger partial charge in [-0.15, -0.1) is 0 Å². The Kier molecular flexibility index (Phi) is 4.27. The van der Waals surface area contributed by atoms with Gasteiger partial charge >= 0.3 is 0 Å². The summed E-state index contributed by atoms with van der Waals surface area (Å²) in [5, 5.41) is 21.6. The van der Waals surface area contributed by atoms with E-state index in [1.165, 1.54) is 0 Å². The second-order valence-corrected chi connectivity index (χ2v) is 8.15. The molecule has 2 saturated carbocycles. The van der Waals surface area contributed by atoms with Crippen LogP contribution in [0.1, 0.15) is 60.8 Å². The first-order valence-corrected chi connectivity index (χ1v) is 8.26. The molecule has 0 aliphatic heterocycles. The Labute approximate surface area is 124 Å². The van der Waals surface area contributed by atoms with Gasteiger partial charge in [-0.25, -0.2) is 0 Å². The minimum atomic E-state index is -0.440. The number of nitrogens with zero attached hydrogens (tertiary/aromatic N) is 1. The van der Waals surface area contributed by atoms with Crippen molar-refractivity contribution < 1.29 is 10.2 Å². The minimum Gasteiger partial charge on any atom is -0.392 e. The fraction of sp³-hybridized carbons (Fsp3) is 1.00. The van der Waals surface area contributed by atoms with Crippen molar-refractivity contribution in [1.82, 2.24) is 4.90 Å². The van der Waals surface area contributed by atoms with Crippen LogP contribution < -0.4 is 0 Å². The van der Waals surface area contributed by atoms with E-state index in [9.17, 15) is 10.2 Å². The van der Waals surface area contributed by atoms with Crippen LogP contribution in [-0.4, -0.2) is 45.9 Å². The van der Waals surface area contributed by atoms with Gasteiger partial charge < -0.3 is 10.2 Å². The van der Waals surface area contributed by atoms with E-state index in [-0.39, 0.29) is 16.9 Å². The van der Waals surface area contributed by atoms with Crippen molar-refractivity contribution in [2.75, 3.05) is 6.54 Å². The summed E-state index contributed by atoms with van der Waals surface area (Å²) in [6, 6.07) is 0.833. The van der Waals surface area contributed by atoms with E-state index in [0.717, 1.165) is 19.3 Å². The zero-order chi connectivity index (χ0) is 15.3. The third-order valence-corrected chi connectivity index (χ3v) is 6.53. The van der Waals surface area contributed by atoms with Crippen LogP contribution in [0, 0.1) is 16.7 Å². The highest BCUT2D eigenvalue weighted by atomic mass is 16.3. The molecule has 0 amide bonds. The van der Waals surface area contributed by atoms with Gasteiger partial charge in [0.25, 0.3) is 0 Å². The fourth-order valence-corrected chi connectivity index (χ4v) is 5.16. The molecule has 2 N–H and O–H groups in total. The Hall–Kier alpha value is -0.120. The molecule has 20 heavy (non-hydrogen) atoms. The average molecular weight is 283 g/mol. The van der Waals surface area contributed by atoms with Gasteiger partial charge in [0, 0.05) is 24.0 Å². The number of hydrogen-bond acceptors (Lipinski definition) is 3. The first-order chi connectivity index (χ1) is 9.14. The maximum absolute atomic E-state index is 11.0. The Morgan fingerprint density at radius 1 is 1.15 bits per heavy atom.